The number of alkyl halides is 1. The smallest absolute Gasteiger partial charge is 0.303 e. The quantitative estimate of drug-likeness (QED) is 0.735. The molecule has 0 amide bonds. The lowest BCUT2D eigenvalue weighted by Crippen LogP contribution is -2.36. The van der Waals surface area contributed by atoms with Crippen molar-refractivity contribution in [1.82, 2.24) is 0 Å². The third-order valence-corrected chi connectivity index (χ3v) is 5.16. The average Bonchev–Trinajstić information content (AvgIpc) is 2.82. The van der Waals surface area contributed by atoms with Crippen LogP contribution in [0.1, 0.15) is 38.2 Å². The number of aliphatic hydroxyl groups is 1. The Hall–Kier alpha value is -1.20. The lowest BCUT2D eigenvalue weighted by atomic mass is 9.78. The number of aliphatic carboxylic acids is 1. The molecule has 0 bridgehead atoms. The summed E-state index contributed by atoms with van der Waals surface area (Å²) in [5.41, 5.74) is 0.148. The molecular formula is C16H20BrNO3. The highest BCUT2D eigenvalue weighted by Gasteiger charge is 2.42. The first kappa shape index (κ1) is 16.2. The third kappa shape index (κ3) is 3.52. The molecule has 3 unspecified atom stereocenters. The van der Waals surface area contributed by atoms with Gasteiger partial charge in [0.05, 0.1) is 12.1 Å². The predicted octanol–water partition coefficient (Wildman–Crippen LogP) is 3.63. The molecule has 1 aliphatic heterocycles. The van der Waals surface area contributed by atoms with Crippen molar-refractivity contribution < 1.29 is 15.0 Å². The molecule has 1 aromatic carbocycles. The van der Waals surface area contributed by atoms with Crippen molar-refractivity contribution >= 4 is 33.8 Å². The number of para-hydroxylation sites is 1. The standard InChI is InChI=1S/C16H20BrNO3/c1-2-12(17)8-7-11(9-15(19)20)16(21)10-18-14-6-4-3-5-13(14)16/h3-6,10-12,21H,2,7-9H2,1H3,(H,19,20). The van der Waals surface area contributed by atoms with Crippen LogP contribution in [0.2, 0.25) is 0 Å². The zero-order valence-electron chi connectivity index (χ0n) is 12.0. The molecule has 3 atom stereocenters. The fraction of sp³-hybridized carbons (Fsp3) is 0.500. The van der Waals surface area contributed by atoms with E-state index < -0.39 is 11.6 Å². The highest BCUT2D eigenvalue weighted by Crippen LogP contribution is 2.43. The van der Waals surface area contributed by atoms with E-state index in [0.29, 0.717) is 16.8 Å². The Labute approximate surface area is 133 Å². The molecule has 0 aromatic heterocycles. The van der Waals surface area contributed by atoms with Crippen LogP contribution in [-0.2, 0) is 10.4 Å². The van der Waals surface area contributed by atoms with Gasteiger partial charge in [-0.05, 0) is 25.3 Å². The molecule has 1 aromatic rings. The molecule has 0 radical (unpaired) electrons. The van der Waals surface area contributed by atoms with E-state index in [4.69, 9.17) is 5.11 Å². The first-order valence-electron chi connectivity index (χ1n) is 7.20. The van der Waals surface area contributed by atoms with Crippen LogP contribution in [0.5, 0.6) is 0 Å². The van der Waals surface area contributed by atoms with Crippen LogP contribution in [0.15, 0.2) is 29.3 Å². The molecule has 5 heteroatoms. The van der Waals surface area contributed by atoms with E-state index in [1.54, 1.807) is 0 Å². The van der Waals surface area contributed by atoms with Gasteiger partial charge in [0.1, 0.15) is 5.60 Å². The van der Waals surface area contributed by atoms with Crippen LogP contribution < -0.4 is 0 Å². The van der Waals surface area contributed by atoms with Gasteiger partial charge in [0, 0.05) is 22.5 Å². The van der Waals surface area contributed by atoms with Crippen LogP contribution in [0.25, 0.3) is 0 Å². The van der Waals surface area contributed by atoms with E-state index in [2.05, 4.69) is 27.8 Å². The summed E-state index contributed by atoms with van der Waals surface area (Å²) in [5, 5.41) is 20.2. The summed E-state index contributed by atoms with van der Waals surface area (Å²) in [6.45, 7) is 2.08. The van der Waals surface area contributed by atoms with Crippen molar-refractivity contribution in [3.8, 4) is 0 Å². The molecule has 0 spiro atoms. The Bertz CT molecular complexity index is 546. The molecule has 2 rings (SSSR count). The molecule has 1 heterocycles. The normalized spacial score (nSPS) is 22.8. The van der Waals surface area contributed by atoms with Gasteiger partial charge in [0.2, 0.25) is 0 Å². The zero-order chi connectivity index (χ0) is 15.5. The van der Waals surface area contributed by atoms with Crippen LogP contribution in [0.4, 0.5) is 5.69 Å². The number of aliphatic imine (C=N–C) groups is 1. The number of carboxylic acids is 1. The Kier molecular flexibility index (Phi) is 5.17. The highest BCUT2D eigenvalue weighted by molar-refractivity contribution is 9.09. The Morgan fingerprint density at radius 3 is 2.76 bits per heavy atom. The number of carboxylic acid groups (broad SMARTS) is 1. The van der Waals surface area contributed by atoms with Crippen molar-refractivity contribution in [2.24, 2.45) is 10.9 Å². The van der Waals surface area contributed by atoms with Crippen molar-refractivity contribution in [3.63, 3.8) is 0 Å². The van der Waals surface area contributed by atoms with Gasteiger partial charge in [-0.2, -0.15) is 0 Å². The van der Waals surface area contributed by atoms with E-state index in [1.165, 1.54) is 6.21 Å². The average molecular weight is 354 g/mol. The zero-order valence-corrected chi connectivity index (χ0v) is 13.6. The first-order chi connectivity index (χ1) is 9.97. The molecule has 4 nitrogen and oxygen atoms in total. The van der Waals surface area contributed by atoms with Crippen molar-refractivity contribution in [2.75, 3.05) is 0 Å². The van der Waals surface area contributed by atoms with E-state index in [-0.39, 0.29) is 12.3 Å². The second kappa shape index (κ2) is 6.71. The molecule has 0 saturated carbocycles. The van der Waals surface area contributed by atoms with Crippen molar-refractivity contribution in [1.29, 1.82) is 0 Å². The van der Waals surface area contributed by atoms with Crippen LogP contribution in [-0.4, -0.2) is 27.2 Å². The van der Waals surface area contributed by atoms with E-state index in [1.807, 2.05) is 24.3 Å². The van der Waals surface area contributed by atoms with Crippen molar-refractivity contribution in [2.45, 2.75) is 43.0 Å². The van der Waals surface area contributed by atoms with Gasteiger partial charge < -0.3 is 10.2 Å². The fourth-order valence-electron chi connectivity index (χ4n) is 2.76. The number of fused-ring (bicyclic) bond motifs is 1. The number of hydrogen-bond donors (Lipinski definition) is 2. The van der Waals surface area contributed by atoms with Gasteiger partial charge in [-0.3, -0.25) is 9.79 Å². The summed E-state index contributed by atoms with van der Waals surface area (Å²) in [5.74, 6) is -1.28. The second-order valence-electron chi connectivity index (χ2n) is 5.48. The van der Waals surface area contributed by atoms with Gasteiger partial charge in [-0.15, -0.1) is 0 Å². The largest absolute Gasteiger partial charge is 0.481 e. The molecule has 21 heavy (non-hydrogen) atoms. The summed E-state index contributed by atoms with van der Waals surface area (Å²) in [4.78, 5) is 15.8. The molecule has 0 saturated heterocycles. The van der Waals surface area contributed by atoms with Gasteiger partial charge in [-0.1, -0.05) is 41.1 Å². The van der Waals surface area contributed by atoms with Crippen LogP contribution in [0.3, 0.4) is 0 Å². The van der Waals surface area contributed by atoms with Gasteiger partial charge in [-0.25, -0.2) is 0 Å². The van der Waals surface area contributed by atoms with Gasteiger partial charge in [0.25, 0.3) is 0 Å². The Morgan fingerprint density at radius 1 is 1.38 bits per heavy atom. The molecular weight excluding hydrogens is 334 g/mol. The lowest BCUT2D eigenvalue weighted by Gasteiger charge is -2.31. The minimum atomic E-state index is -1.28. The molecule has 1 aliphatic rings. The number of hydrogen-bond acceptors (Lipinski definition) is 3. The maximum atomic E-state index is 11.2. The number of benzene rings is 1. The topological polar surface area (TPSA) is 69.9 Å². The molecule has 0 aliphatic carbocycles. The maximum absolute atomic E-state index is 11.2. The molecule has 0 fully saturated rings. The predicted molar refractivity (Wildman–Crippen MR) is 86.5 cm³/mol. The maximum Gasteiger partial charge on any atom is 0.303 e. The number of nitrogens with zero attached hydrogens (tertiary/aromatic N) is 1. The minimum Gasteiger partial charge on any atom is -0.481 e. The van der Waals surface area contributed by atoms with Gasteiger partial charge >= 0.3 is 5.97 Å². The van der Waals surface area contributed by atoms with E-state index in [0.717, 1.165) is 18.5 Å². The summed E-state index contributed by atoms with van der Waals surface area (Å²) in [6.07, 6.45) is 3.86. The van der Waals surface area contributed by atoms with Crippen molar-refractivity contribution in [3.05, 3.63) is 29.8 Å². The summed E-state index contributed by atoms with van der Waals surface area (Å²) in [6, 6.07) is 7.36. The number of rotatable bonds is 7. The van der Waals surface area contributed by atoms with E-state index >= 15 is 0 Å². The number of carbonyl (C=O) groups is 1. The van der Waals surface area contributed by atoms with Crippen LogP contribution >= 0.6 is 15.9 Å². The van der Waals surface area contributed by atoms with Gasteiger partial charge in [0.15, 0.2) is 0 Å². The minimum absolute atomic E-state index is 0.0692. The fourth-order valence-corrected chi connectivity index (χ4v) is 3.03. The monoisotopic (exact) mass is 353 g/mol. The van der Waals surface area contributed by atoms with E-state index in [9.17, 15) is 9.90 Å². The first-order valence-corrected chi connectivity index (χ1v) is 8.12. The number of halogens is 1. The Balaban J connectivity index is 2.24. The SMILES string of the molecule is CCC(Br)CCC(CC(=O)O)C1(O)C=Nc2ccccc21. The molecule has 114 valence electrons. The Morgan fingerprint density at radius 2 is 2.10 bits per heavy atom. The van der Waals surface area contributed by atoms with Crippen LogP contribution in [0, 0.1) is 5.92 Å². The lowest BCUT2D eigenvalue weighted by molar-refractivity contribution is -0.140. The molecule has 2 N–H and O–H groups in total. The summed E-state index contributed by atoms with van der Waals surface area (Å²) in [7, 11) is 0. The summed E-state index contributed by atoms with van der Waals surface area (Å²) >= 11 is 3.57. The summed E-state index contributed by atoms with van der Waals surface area (Å²) < 4.78 is 0. The highest BCUT2D eigenvalue weighted by atomic mass is 79.9. The third-order valence-electron chi connectivity index (χ3n) is 4.05. The second-order valence-corrected chi connectivity index (χ2v) is 6.77.